The fraction of sp³-hybridized carbons (Fsp3) is 0.231. The Morgan fingerprint density at radius 1 is 1.15 bits per heavy atom. The normalized spacial score (nSPS) is 13.4. The van der Waals surface area contributed by atoms with E-state index in [1.807, 2.05) is 0 Å². The van der Waals surface area contributed by atoms with Crippen LogP contribution in [0.4, 0.5) is 13.2 Å². The zero-order valence-electron chi connectivity index (χ0n) is 10.2. The summed E-state index contributed by atoms with van der Waals surface area (Å²) in [7, 11) is 0. The Bertz CT molecular complexity index is 566. The molecule has 7 heteroatoms. The van der Waals surface area contributed by atoms with E-state index in [2.05, 4.69) is 5.43 Å². The summed E-state index contributed by atoms with van der Waals surface area (Å²) in [6.45, 7) is 0. The zero-order chi connectivity index (χ0) is 14.8. The molecule has 0 radical (unpaired) electrons. The Balaban J connectivity index is 2.12. The van der Waals surface area contributed by atoms with Gasteiger partial charge in [-0.05, 0) is 47.9 Å². The van der Waals surface area contributed by atoms with Crippen molar-refractivity contribution < 1.29 is 17.6 Å². The van der Waals surface area contributed by atoms with Crippen LogP contribution in [0.1, 0.15) is 22.9 Å². The molecule has 0 spiro atoms. The fourth-order valence-corrected chi connectivity index (χ4v) is 1.97. The van der Waals surface area contributed by atoms with Gasteiger partial charge in [0.1, 0.15) is 5.76 Å². The van der Waals surface area contributed by atoms with E-state index in [1.165, 1.54) is 12.1 Å². The Hall–Kier alpha value is -1.50. The average molecular weight is 305 g/mol. The fourth-order valence-electron chi connectivity index (χ4n) is 1.82. The number of rotatable bonds is 4. The molecule has 0 saturated carbocycles. The Morgan fingerprint density at radius 2 is 1.80 bits per heavy atom. The molecule has 1 unspecified atom stereocenters. The van der Waals surface area contributed by atoms with Crippen LogP contribution in [0.2, 0.25) is 5.22 Å². The number of nitrogens with two attached hydrogens (primary N) is 1. The van der Waals surface area contributed by atoms with Gasteiger partial charge in [-0.1, -0.05) is 12.1 Å². The number of halogens is 4. The largest absolute Gasteiger partial charge is 0.448 e. The number of furan rings is 1. The monoisotopic (exact) mass is 304 g/mol. The number of hydrogen-bond acceptors (Lipinski definition) is 3. The SMILES string of the molecule is NNC(Cc1ccc(C(F)(F)F)cc1)c1ccc(Cl)o1. The maximum atomic E-state index is 12.5. The quantitative estimate of drug-likeness (QED) is 0.669. The number of hydrazine groups is 1. The smallest absolute Gasteiger partial charge is 0.416 e. The van der Waals surface area contributed by atoms with E-state index in [-0.39, 0.29) is 11.3 Å². The number of benzene rings is 1. The third-order valence-electron chi connectivity index (χ3n) is 2.86. The summed E-state index contributed by atoms with van der Waals surface area (Å²) < 4.78 is 42.6. The molecule has 1 atom stereocenters. The van der Waals surface area contributed by atoms with Crippen LogP contribution >= 0.6 is 11.6 Å². The van der Waals surface area contributed by atoms with Crippen molar-refractivity contribution in [2.24, 2.45) is 5.84 Å². The van der Waals surface area contributed by atoms with Crippen LogP contribution in [0, 0.1) is 0 Å². The Labute approximate surface area is 118 Å². The number of hydrogen-bond donors (Lipinski definition) is 2. The van der Waals surface area contributed by atoms with Gasteiger partial charge in [0.05, 0.1) is 11.6 Å². The summed E-state index contributed by atoms with van der Waals surface area (Å²) in [5.41, 5.74) is 2.57. The lowest BCUT2D eigenvalue weighted by molar-refractivity contribution is -0.137. The molecule has 0 amide bonds. The lowest BCUT2D eigenvalue weighted by Gasteiger charge is -2.14. The first-order valence-electron chi connectivity index (χ1n) is 5.77. The molecule has 3 N–H and O–H groups in total. The first kappa shape index (κ1) is 14.9. The second-order valence-electron chi connectivity index (χ2n) is 4.26. The maximum Gasteiger partial charge on any atom is 0.416 e. The highest BCUT2D eigenvalue weighted by atomic mass is 35.5. The van der Waals surface area contributed by atoms with Crippen molar-refractivity contribution in [1.82, 2.24) is 5.43 Å². The number of nitrogens with one attached hydrogen (secondary N) is 1. The number of alkyl halides is 3. The van der Waals surface area contributed by atoms with Crippen molar-refractivity contribution in [3.05, 3.63) is 58.5 Å². The van der Waals surface area contributed by atoms with E-state index in [4.69, 9.17) is 21.9 Å². The third kappa shape index (κ3) is 3.53. The molecule has 20 heavy (non-hydrogen) atoms. The van der Waals surface area contributed by atoms with Crippen molar-refractivity contribution in [3.8, 4) is 0 Å². The molecule has 2 aromatic rings. The summed E-state index contributed by atoms with van der Waals surface area (Å²) in [4.78, 5) is 0. The molecule has 0 saturated heterocycles. The molecule has 0 bridgehead atoms. The molecule has 1 aromatic heterocycles. The predicted molar refractivity (Wildman–Crippen MR) is 68.9 cm³/mol. The highest BCUT2D eigenvalue weighted by molar-refractivity contribution is 6.28. The lowest BCUT2D eigenvalue weighted by atomic mass is 10.0. The van der Waals surface area contributed by atoms with E-state index in [0.717, 1.165) is 12.1 Å². The predicted octanol–water partition coefficient (Wildman–Crippen LogP) is 3.70. The van der Waals surface area contributed by atoms with Gasteiger partial charge in [-0.2, -0.15) is 13.2 Å². The van der Waals surface area contributed by atoms with E-state index in [9.17, 15) is 13.2 Å². The molecular weight excluding hydrogens is 293 g/mol. The summed E-state index contributed by atoms with van der Waals surface area (Å²) >= 11 is 5.68. The van der Waals surface area contributed by atoms with Crippen LogP contribution in [-0.2, 0) is 12.6 Å². The van der Waals surface area contributed by atoms with Gasteiger partial charge in [-0.15, -0.1) is 0 Å². The highest BCUT2D eigenvalue weighted by Crippen LogP contribution is 2.30. The molecule has 3 nitrogen and oxygen atoms in total. The second-order valence-corrected chi connectivity index (χ2v) is 4.63. The average Bonchev–Trinajstić information content (AvgIpc) is 2.82. The first-order chi connectivity index (χ1) is 9.40. The van der Waals surface area contributed by atoms with Crippen LogP contribution in [0.5, 0.6) is 0 Å². The summed E-state index contributed by atoms with van der Waals surface area (Å²) in [5, 5.41) is 0.229. The summed E-state index contributed by atoms with van der Waals surface area (Å²) in [5.74, 6) is 5.95. The molecule has 1 aromatic carbocycles. The first-order valence-corrected chi connectivity index (χ1v) is 6.15. The molecule has 108 valence electrons. The lowest BCUT2D eigenvalue weighted by Crippen LogP contribution is -2.29. The van der Waals surface area contributed by atoms with Gasteiger partial charge in [0.15, 0.2) is 5.22 Å². The van der Waals surface area contributed by atoms with Crippen molar-refractivity contribution in [1.29, 1.82) is 0 Å². The van der Waals surface area contributed by atoms with Crippen LogP contribution in [0.3, 0.4) is 0 Å². The van der Waals surface area contributed by atoms with Crippen molar-refractivity contribution in [2.45, 2.75) is 18.6 Å². The van der Waals surface area contributed by atoms with Crippen LogP contribution in [0.25, 0.3) is 0 Å². The standard InChI is InChI=1S/C13H12ClF3N2O/c14-12-6-5-11(20-12)10(19-18)7-8-1-3-9(4-2-8)13(15,16)17/h1-6,10,19H,7,18H2. The minimum atomic E-state index is -4.33. The van der Waals surface area contributed by atoms with Gasteiger partial charge in [0, 0.05) is 0 Å². The van der Waals surface area contributed by atoms with Gasteiger partial charge in [0.25, 0.3) is 0 Å². The Morgan fingerprint density at radius 3 is 2.25 bits per heavy atom. The molecule has 0 fully saturated rings. The second kappa shape index (κ2) is 5.87. The van der Waals surface area contributed by atoms with Gasteiger partial charge in [-0.25, -0.2) is 5.43 Å². The maximum absolute atomic E-state index is 12.5. The van der Waals surface area contributed by atoms with Gasteiger partial charge < -0.3 is 4.42 Å². The van der Waals surface area contributed by atoms with Crippen LogP contribution in [-0.4, -0.2) is 0 Å². The molecule has 0 aliphatic heterocycles. The molecule has 0 aliphatic rings. The van der Waals surface area contributed by atoms with Crippen molar-refractivity contribution >= 4 is 11.6 Å². The van der Waals surface area contributed by atoms with E-state index < -0.39 is 11.7 Å². The molecule has 0 aliphatic carbocycles. The van der Waals surface area contributed by atoms with Gasteiger partial charge in [0.2, 0.25) is 0 Å². The highest BCUT2D eigenvalue weighted by Gasteiger charge is 2.30. The summed E-state index contributed by atoms with van der Waals surface area (Å²) in [6.07, 6.45) is -3.95. The van der Waals surface area contributed by atoms with E-state index in [0.29, 0.717) is 17.7 Å². The van der Waals surface area contributed by atoms with Gasteiger partial charge >= 0.3 is 6.18 Å². The minimum Gasteiger partial charge on any atom is -0.448 e. The zero-order valence-corrected chi connectivity index (χ0v) is 11.0. The third-order valence-corrected chi connectivity index (χ3v) is 3.06. The van der Waals surface area contributed by atoms with E-state index in [1.54, 1.807) is 12.1 Å². The Kier molecular flexibility index (Phi) is 4.37. The van der Waals surface area contributed by atoms with Gasteiger partial charge in [-0.3, -0.25) is 5.84 Å². The van der Waals surface area contributed by atoms with Crippen molar-refractivity contribution in [2.75, 3.05) is 0 Å². The van der Waals surface area contributed by atoms with Crippen LogP contribution in [0.15, 0.2) is 40.8 Å². The molecule has 2 rings (SSSR count). The topological polar surface area (TPSA) is 51.2 Å². The van der Waals surface area contributed by atoms with Crippen LogP contribution < -0.4 is 11.3 Å². The minimum absolute atomic E-state index is 0.229. The van der Waals surface area contributed by atoms with E-state index >= 15 is 0 Å². The molecular formula is C13H12ClF3N2O. The molecule has 1 heterocycles. The summed E-state index contributed by atoms with van der Waals surface area (Å²) in [6, 6.07) is 7.79. The van der Waals surface area contributed by atoms with Crippen molar-refractivity contribution in [3.63, 3.8) is 0 Å².